The molecule has 0 radical (unpaired) electrons. The summed E-state index contributed by atoms with van der Waals surface area (Å²) in [5.74, 6) is 1.11. The quantitative estimate of drug-likeness (QED) is 0.875. The summed E-state index contributed by atoms with van der Waals surface area (Å²) in [7, 11) is 0. The second-order valence-electron chi connectivity index (χ2n) is 4.56. The molecule has 90 valence electrons. The molecule has 1 heterocycles. The van der Waals surface area contributed by atoms with Crippen LogP contribution in [0.5, 0.6) is 0 Å². The average molecular weight is 239 g/mol. The van der Waals surface area contributed by atoms with Gasteiger partial charge in [-0.3, -0.25) is 4.79 Å². The lowest BCUT2D eigenvalue weighted by molar-refractivity contribution is 0.0946. The molecule has 1 unspecified atom stereocenters. The highest BCUT2D eigenvalue weighted by Crippen LogP contribution is 2.29. The van der Waals surface area contributed by atoms with E-state index in [1.54, 1.807) is 12.3 Å². The highest BCUT2D eigenvalue weighted by Gasteiger charge is 2.26. The first-order valence-corrected chi connectivity index (χ1v) is 5.94. The molecule has 18 heavy (non-hydrogen) atoms. The van der Waals surface area contributed by atoms with E-state index in [0.29, 0.717) is 0 Å². The van der Waals surface area contributed by atoms with Crippen LogP contribution in [0.1, 0.15) is 22.8 Å². The highest BCUT2D eigenvalue weighted by molar-refractivity contribution is 6.02. The summed E-state index contributed by atoms with van der Waals surface area (Å²) in [4.78, 5) is 19.8. The molecule has 4 heteroatoms. The summed E-state index contributed by atoms with van der Waals surface area (Å²) >= 11 is 0. The van der Waals surface area contributed by atoms with Crippen molar-refractivity contribution in [1.29, 1.82) is 0 Å². The van der Waals surface area contributed by atoms with E-state index in [2.05, 4.69) is 15.3 Å². The van der Waals surface area contributed by atoms with E-state index in [1.807, 2.05) is 25.1 Å². The van der Waals surface area contributed by atoms with Crippen LogP contribution in [0.25, 0.3) is 0 Å². The van der Waals surface area contributed by atoms with Gasteiger partial charge in [-0.2, -0.15) is 0 Å². The molecule has 0 bridgehead atoms. The van der Waals surface area contributed by atoms with Gasteiger partial charge in [0.2, 0.25) is 0 Å². The standard InChI is InChI=1S/C14H13N3O/c1-9-6-10-7-11(2-3-12(10)14(9)18)17-13-4-5-15-8-16-13/h2-5,7-9H,6H2,1H3,(H,15,16,17). The maximum Gasteiger partial charge on any atom is 0.166 e. The topological polar surface area (TPSA) is 54.9 Å². The average Bonchev–Trinajstić information content (AvgIpc) is 2.66. The number of nitrogens with one attached hydrogen (secondary N) is 1. The lowest BCUT2D eigenvalue weighted by Crippen LogP contribution is -2.02. The van der Waals surface area contributed by atoms with Crippen molar-refractivity contribution >= 4 is 17.3 Å². The normalized spacial score (nSPS) is 17.6. The largest absolute Gasteiger partial charge is 0.340 e. The van der Waals surface area contributed by atoms with E-state index in [1.165, 1.54) is 6.33 Å². The molecular weight excluding hydrogens is 226 g/mol. The maximum atomic E-state index is 11.8. The van der Waals surface area contributed by atoms with Gasteiger partial charge in [0, 0.05) is 23.4 Å². The van der Waals surface area contributed by atoms with Crippen LogP contribution in [0, 0.1) is 5.92 Å². The minimum Gasteiger partial charge on any atom is -0.340 e. The van der Waals surface area contributed by atoms with E-state index in [-0.39, 0.29) is 11.7 Å². The third-order valence-corrected chi connectivity index (χ3v) is 3.20. The van der Waals surface area contributed by atoms with Gasteiger partial charge in [-0.1, -0.05) is 6.92 Å². The molecule has 0 fully saturated rings. The predicted octanol–water partition coefficient (Wildman–Crippen LogP) is 2.60. The first-order valence-electron chi connectivity index (χ1n) is 5.94. The lowest BCUT2D eigenvalue weighted by atomic mass is 10.1. The van der Waals surface area contributed by atoms with E-state index in [0.717, 1.165) is 29.1 Å². The Morgan fingerprint density at radius 1 is 1.33 bits per heavy atom. The van der Waals surface area contributed by atoms with Gasteiger partial charge >= 0.3 is 0 Å². The third-order valence-electron chi connectivity index (χ3n) is 3.20. The monoisotopic (exact) mass is 239 g/mol. The Morgan fingerprint density at radius 3 is 3.00 bits per heavy atom. The second-order valence-corrected chi connectivity index (χ2v) is 4.56. The number of hydrogen-bond donors (Lipinski definition) is 1. The van der Waals surface area contributed by atoms with Crippen LogP contribution in [0.2, 0.25) is 0 Å². The molecular formula is C14H13N3O. The first-order chi connectivity index (χ1) is 8.74. The number of anilines is 2. The second kappa shape index (κ2) is 4.22. The minimum absolute atomic E-state index is 0.106. The molecule has 1 aromatic heterocycles. The molecule has 1 aromatic carbocycles. The molecule has 4 nitrogen and oxygen atoms in total. The number of benzene rings is 1. The molecule has 0 saturated heterocycles. The zero-order valence-corrected chi connectivity index (χ0v) is 10.1. The Balaban J connectivity index is 1.88. The summed E-state index contributed by atoms with van der Waals surface area (Å²) in [6.07, 6.45) is 4.02. The number of Topliss-reactive ketones (excluding diaryl/α,β-unsaturated/α-hetero) is 1. The summed E-state index contributed by atoms with van der Waals surface area (Å²) < 4.78 is 0. The van der Waals surface area contributed by atoms with Crippen molar-refractivity contribution in [2.45, 2.75) is 13.3 Å². The van der Waals surface area contributed by atoms with Crippen LogP contribution in [0.15, 0.2) is 36.8 Å². The van der Waals surface area contributed by atoms with E-state index < -0.39 is 0 Å². The number of rotatable bonds is 2. The predicted molar refractivity (Wildman–Crippen MR) is 69.0 cm³/mol. The lowest BCUT2D eigenvalue weighted by Gasteiger charge is -2.06. The molecule has 0 aliphatic heterocycles. The Morgan fingerprint density at radius 2 is 2.22 bits per heavy atom. The molecule has 0 amide bonds. The fourth-order valence-corrected chi connectivity index (χ4v) is 2.28. The van der Waals surface area contributed by atoms with E-state index in [4.69, 9.17) is 0 Å². The number of fused-ring (bicyclic) bond motifs is 1. The van der Waals surface area contributed by atoms with Crippen LogP contribution in [-0.2, 0) is 6.42 Å². The molecule has 1 aliphatic carbocycles. The van der Waals surface area contributed by atoms with Crippen molar-refractivity contribution in [2.75, 3.05) is 5.32 Å². The number of nitrogens with zero attached hydrogens (tertiary/aromatic N) is 2. The fraction of sp³-hybridized carbons (Fsp3) is 0.214. The molecule has 1 aliphatic rings. The Kier molecular flexibility index (Phi) is 2.55. The summed E-state index contributed by atoms with van der Waals surface area (Å²) in [6.45, 7) is 1.97. The van der Waals surface area contributed by atoms with Crippen LogP contribution < -0.4 is 5.32 Å². The number of ketones is 1. The highest BCUT2D eigenvalue weighted by atomic mass is 16.1. The van der Waals surface area contributed by atoms with Gasteiger partial charge in [-0.25, -0.2) is 9.97 Å². The molecule has 2 aromatic rings. The van der Waals surface area contributed by atoms with Crippen LogP contribution in [0.3, 0.4) is 0 Å². The third kappa shape index (κ3) is 1.86. The molecule has 0 spiro atoms. The smallest absolute Gasteiger partial charge is 0.166 e. The van der Waals surface area contributed by atoms with Crippen molar-refractivity contribution in [2.24, 2.45) is 5.92 Å². The van der Waals surface area contributed by atoms with Crippen LogP contribution in [-0.4, -0.2) is 15.8 Å². The van der Waals surface area contributed by atoms with Crippen LogP contribution in [0.4, 0.5) is 11.5 Å². The summed E-state index contributed by atoms with van der Waals surface area (Å²) in [6, 6.07) is 7.64. The van der Waals surface area contributed by atoms with Crippen molar-refractivity contribution in [3.8, 4) is 0 Å². The van der Waals surface area contributed by atoms with Crippen molar-refractivity contribution in [3.63, 3.8) is 0 Å². The number of carbonyl (C=O) groups excluding carboxylic acids is 1. The summed E-state index contributed by atoms with van der Waals surface area (Å²) in [5.41, 5.74) is 2.93. The van der Waals surface area contributed by atoms with E-state index in [9.17, 15) is 4.79 Å². The minimum atomic E-state index is 0.106. The Hall–Kier alpha value is -2.23. The zero-order chi connectivity index (χ0) is 12.5. The first kappa shape index (κ1) is 10.9. The van der Waals surface area contributed by atoms with Crippen molar-refractivity contribution in [1.82, 2.24) is 9.97 Å². The van der Waals surface area contributed by atoms with Gasteiger partial charge < -0.3 is 5.32 Å². The van der Waals surface area contributed by atoms with Crippen LogP contribution >= 0.6 is 0 Å². The van der Waals surface area contributed by atoms with Gasteiger partial charge in [0.15, 0.2) is 5.78 Å². The SMILES string of the molecule is CC1Cc2cc(Nc3ccncn3)ccc2C1=O. The molecule has 3 rings (SSSR count). The number of aromatic nitrogens is 2. The molecule has 1 N–H and O–H groups in total. The maximum absolute atomic E-state index is 11.8. The zero-order valence-electron chi connectivity index (χ0n) is 10.1. The Bertz CT molecular complexity index is 595. The summed E-state index contributed by atoms with van der Waals surface area (Å²) in [5, 5.41) is 3.20. The van der Waals surface area contributed by atoms with Gasteiger partial charge in [0.1, 0.15) is 12.1 Å². The Labute approximate surface area is 105 Å². The van der Waals surface area contributed by atoms with E-state index >= 15 is 0 Å². The fourth-order valence-electron chi connectivity index (χ4n) is 2.28. The van der Waals surface area contributed by atoms with Gasteiger partial charge in [0.05, 0.1) is 0 Å². The van der Waals surface area contributed by atoms with Crippen molar-refractivity contribution < 1.29 is 4.79 Å². The van der Waals surface area contributed by atoms with Gasteiger partial charge in [-0.05, 0) is 36.2 Å². The van der Waals surface area contributed by atoms with Crippen molar-refractivity contribution in [3.05, 3.63) is 47.9 Å². The van der Waals surface area contributed by atoms with Gasteiger partial charge in [-0.15, -0.1) is 0 Å². The molecule has 0 saturated carbocycles. The number of hydrogen-bond acceptors (Lipinski definition) is 4. The van der Waals surface area contributed by atoms with Gasteiger partial charge in [0.25, 0.3) is 0 Å². The molecule has 1 atom stereocenters. The number of carbonyl (C=O) groups is 1.